The fourth-order valence-electron chi connectivity index (χ4n) is 1.45. The molecule has 1 aromatic carbocycles. The number of halogens is 2. The molecule has 0 amide bonds. The Hall–Kier alpha value is -0.480. The van der Waals surface area contributed by atoms with Gasteiger partial charge in [-0.3, -0.25) is 0 Å². The van der Waals surface area contributed by atoms with Crippen LogP contribution in [0.3, 0.4) is 0 Å². The molecule has 0 aliphatic heterocycles. The van der Waals surface area contributed by atoms with Gasteiger partial charge in [0, 0.05) is 23.7 Å². The number of aliphatic hydroxyl groups excluding tert-OH is 1. The average Bonchev–Trinajstić information content (AvgIpc) is 2.28. The van der Waals surface area contributed by atoms with Crippen LogP contribution in [-0.4, -0.2) is 18.8 Å². The van der Waals surface area contributed by atoms with Gasteiger partial charge in [0.15, 0.2) is 0 Å². The van der Waals surface area contributed by atoms with Crippen molar-refractivity contribution in [3.05, 3.63) is 27.7 Å². The Kier molecular flexibility index (Phi) is 5.35. The summed E-state index contributed by atoms with van der Waals surface area (Å²) in [6.45, 7) is 0.120. The van der Waals surface area contributed by atoms with Crippen molar-refractivity contribution < 1.29 is 9.84 Å². The van der Waals surface area contributed by atoms with E-state index in [4.69, 9.17) is 38.8 Å². The van der Waals surface area contributed by atoms with E-state index in [9.17, 15) is 0 Å². The standard InChI is InChI=1S/C11H15Cl2NO2/c1-16-11-6-8(12)7(5-9(11)13)10(14)3-2-4-15/h5-6,10,15H,2-4,14H2,1H3. The number of nitrogens with two attached hydrogens (primary N) is 1. The molecule has 0 heterocycles. The van der Waals surface area contributed by atoms with Gasteiger partial charge in [0.1, 0.15) is 5.75 Å². The van der Waals surface area contributed by atoms with Crippen molar-refractivity contribution in [1.82, 2.24) is 0 Å². The number of ether oxygens (including phenoxy) is 1. The Morgan fingerprint density at radius 1 is 1.38 bits per heavy atom. The van der Waals surface area contributed by atoms with Gasteiger partial charge in [-0.1, -0.05) is 23.2 Å². The molecule has 0 fully saturated rings. The molecule has 1 unspecified atom stereocenters. The minimum Gasteiger partial charge on any atom is -0.495 e. The average molecular weight is 264 g/mol. The zero-order chi connectivity index (χ0) is 12.1. The quantitative estimate of drug-likeness (QED) is 0.859. The number of hydrogen-bond acceptors (Lipinski definition) is 3. The van der Waals surface area contributed by atoms with Crippen LogP contribution < -0.4 is 10.5 Å². The topological polar surface area (TPSA) is 55.5 Å². The summed E-state index contributed by atoms with van der Waals surface area (Å²) in [7, 11) is 1.53. The second-order valence-corrected chi connectivity index (χ2v) is 4.29. The first-order valence-corrected chi connectivity index (χ1v) is 5.75. The Morgan fingerprint density at radius 2 is 2.06 bits per heavy atom. The molecular formula is C11H15Cl2NO2. The van der Waals surface area contributed by atoms with Gasteiger partial charge in [0.25, 0.3) is 0 Å². The first-order chi connectivity index (χ1) is 7.60. The molecule has 0 aliphatic rings. The van der Waals surface area contributed by atoms with Crippen molar-refractivity contribution in [2.75, 3.05) is 13.7 Å². The molecule has 0 aliphatic carbocycles. The largest absolute Gasteiger partial charge is 0.495 e. The summed E-state index contributed by atoms with van der Waals surface area (Å²) in [4.78, 5) is 0. The van der Waals surface area contributed by atoms with Gasteiger partial charge in [-0.25, -0.2) is 0 Å². The highest BCUT2D eigenvalue weighted by Gasteiger charge is 2.13. The van der Waals surface area contributed by atoms with E-state index in [1.165, 1.54) is 7.11 Å². The normalized spacial score (nSPS) is 12.6. The van der Waals surface area contributed by atoms with Crippen LogP contribution in [0.2, 0.25) is 10.0 Å². The van der Waals surface area contributed by atoms with Crippen molar-refractivity contribution in [1.29, 1.82) is 0 Å². The highest BCUT2D eigenvalue weighted by atomic mass is 35.5. The van der Waals surface area contributed by atoms with Crippen LogP contribution in [0.1, 0.15) is 24.4 Å². The monoisotopic (exact) mass is 263 g/mol. The predicted molar refractivity (Wildman–Crippen MR) is 66.3 cm³/mol. The lowest BCUT2D eigenvalue weighted by molar-refractivity contribution is 0.280. The molecule has 3 nitrogen and oxygen atoms in total. The van der Waals surface area contributed by atoms with Gasteiger partial charge in [-0.2, -0.15) is 0 Å². The summed E-state index contributed by atoms with van der Waals surface area (Å²) in [5.74, 6) is 0.532. The molecular weight excluding hydrogens is 249 g/mol. The molecule has 0 aromatic heterocycles. The van der Waals surface area contributed by atoms with E-state index in [1.54, 1.807) is 12.1 Å². The smallest absolute Gasteiger partial charge is 0.138 e. The molecule has 1 rings (SSSR count). The second kappa shape index (κ2) is 6.30. The summed E-state index contributed by atoms with van der Waals surface area (Å²) >= 11 is 12.1. The van der Waals surface area contributed by atoms with Gasteiger partial charge in [-0.15, -0.1) is 0 Å². The minimum atomic E-state index is -0.219. The molecule has 90 valence electrons. The maximum Gasteiger partial charge on any atom is 0.138 e. The van der Waals surface area contributed by atoms with Crippen molar-refractivity contribution >= 4 is 23.2 Å². The van der Waals surface area contributed by atoms with Crippen LogP contribution in [0, 0.1) is 0 Å². The number of aliphatic hydroxyl groups is 1. The fraction of sp³-hybridized carbons (Fsp3) is 0.455. The van der Waals surface area contributed by atoms with Crippen LogP contribution >= 0.6 is 23.2 Å². The van der Waals surface area contributed by atoms with E-state index in [0.717, 1.165) is 5.56 Å². The van der Waals surface area contributed by atoms with E-state index in [-0.39, 0.29) is 12.6 Å². The summed E-state index contributed by atoms with van der Waals surface area (Å²) in [5.41, 5.74) is 6.73. The van der Waals surface area contributed by atoms with E-state index in [2.05, 4.69) is 0 Å². The minimum absolute atomic E-state index is 0.120. The van der Waals surface area contributed by atoms with Gasteiger partial charge in [-0.05, 0) is 24.5 Å². The Bertz CT molecular complexity index is 358. The molecule has 0 saturated heterocycles. The fourth-order valence-corrected chi connectivity index (χ4v) is 1.99. The van der Waals surface area contributed by atoms with Crippen LogP contribution in [0.5, 0.6) is 5.75 Å². The Morgan fingerprint density at radius 3 is 2.62 bits per heavy atom. The van der Waals surface area contributed by atoms with E-state index >= 15 is 0 Å². The van der Waals surface area contributed by atoms with Gasteiger partial charge in [0.05, 0.1) is 12.1 Å². The molecule has 5 heteroatoms. The summed E-state index contributed by atoms with van der Waals surface area (Å²) in [6, 6.07) is 3.14. The number of hydrogen-bond donors (Lipinski definition) is 2. The van der Waals surface area contributed by atoms with E-state index in [0.29, 0.717) is 28.6 Å². The van der Waals surface area contributed by atoms with E-state index < -0.39 is 0 Å². The molecule has 0 bridgehead atoms. The SMILES string of the molecule is COc1cc(Cl)c(C(N)CCCO)cc1Cl. The third kappa shape index (κ3) is 3.25. The number of rotatable bonds is 5. The third-order valence-electron chi connectivity index (χ3n) is 2.34. The first kappa shape index (κ1) is 13.6. The summed E-state index contributed by atoms with van der Waals surface area (Å²) in [5, 5.41) is 9.75. The predicted octanol–water partition coefficient (Wildman–Crippen LogP) is 2.77. The lowest BCUT2D eigenvalue weighted by Crippen LogP contribution is -2.11. The van der Waals surface area contributed by atoms with Crippen molar-refractivity contribution in [2.45, 2.75) is 18.9 Å². The van der Waals surface area contributed by atoms with Crippen molar-refractivity contribution in [3.8, 4) is 5.75 Å². The van der Waals surface area contributed by atoms with Crippen LogP contribution in [0.4, 0.5) is 0 Å². The van der Waals surface area contributed by atoms with Crippen molar-refractivity contribution in [2.24, 2.45) is 5.73 Å². The number of methoxy groups -OCH3 is 1. The lowest BCUT2D eigenvalue weighted by atomic mass is 10.0. The summed E-state index contributed by atoms with van der Waals surface area (Å²) < 4.78 is 5.04. The Balaban J connectivity index is 2.92. The van der Waals surface area contributed by atoms with Gasteiger partial charge in [0.2, 0.25) is 0 Å². The maximum absolute atomic E-state index is 8.73. The zero-order valence-electron chi connectivity index (χ0n) is 9.04. The van der Waals surface area contributed by atoms with Crippen LogP contribution in [-0.2, 0) is 0 Å². The highest BCUT2D eigenvalue weighted by molar-refractivity contribution is 6.34. The van der Waals surface area contributed by atoms with Gasteiger partial charge >= 0.3 is 0 Å². The summed E-state index contributed by atoms with van der Waals surface area (Å²) in [6.07, 6.45) is 1.31. The van der Waals surface area contributed by atoms with E-state index in [1.807, 2.05) is 0 Å². The molecule has 0 radical (unpaired) electrons. The molecule has 1 atom stereocenters. The Labute approximate surface area is 105 Å². The highest BCUT2D eigenvalue weighted by Crippen LogP contribution is 2.34. The molecule has 0 saturated carbocycles. The van der Waals surface area contributed by atoms with Crippen LogP contribution in [0.15, 0.2) is 12.1 Å². The van der Waals surface area contributed by atoms with Crippen molar-refractivity contribution in [3.63, 3.8) is 0 Å². The number of benzene rings is 1. The molecule has 0 spiro atoms. The van der Waals surface area contributed by atoms with Crippen LogP contribution in [0.25, 0.3) is 0 Å². The molecule has 3 N–H and O–H groups in total. The zero-order valence-corrected chi connectivity index (χ0v) is 10.6. The van der Waals surface area contributed by atoms with Gasteiger partial charge < -0.3 is 15.6 Å². The first-order valence-electron chi connectivity index (χ1n) is 4.99. The maximum atomic E-state index is 8.73. The lowest BCUT2D eigenvalue weighted by Gasteiger charge is -2.15. The second-order valence-electron chi connectivity index (χ2n) is 3.48. The molecule has 1 aromatic rings. The molecule has 16 heavy (non-hydrogen) atoms. The third-order valence-corrected chi connectivity index (χ3v) is 2.97.